The number of aryl methyl sites for hydroxylation is 1. The summed E-state index contributed by atoms with van der Waals surface area (Å²) < 4.78 is 24.1. The Morgan fingerprint density at radius 2 is 2.06 bits per heavy atom. The van der Waals surface area contributed by atoms with Crippen LogP contribution < -0.4 is 5.32 Å². The summed E-state index contributed by atoms with van der Waals surface area (Å²) in [5.74, 6) is -0.796. The van der Waals surface area contributed by atoms with Crippen molar-refractivity contribution in [2.75, 3.05) is 5.75 Å². The maximum absolute atomic E-state index is 13.6. The van der Waals surface area contributed by atoms with E-state index >= 15 is 0 Å². The molecule has 0 bridgehead atoms. The zero-order valence-corrected chi connectivity index (χ0v) is 21.5. The summed E-state index contributed by atoms with van der Waals surface area (Å²) in [7, 11) is -3.33. The number of amidine groups is 1. The molecular formula is C25H28ClN5O3S. The Bertz CT molecular complexity index is 1320. The molecule has 10 heteroatoms. The van der Waals surface area contributed by atoms with Gasteiger partial charge >= 0.3 is 0 Å². The van der Waals surface area contributed by atoms with Crippen molar-refractivity contribution in [3.8, 4) is 6.07 Å². The van der Waals surface area contributed by atoms with E-state index in [1.54, 1.807) is 13.0 Å². The lowest BCUT2D eigenvalue weighted by molar-refractivity contribution is -0.117. The quantitative estimate of drug-likeness (QED) is 0.591. The Hall–Kier alpha value is -2.83. The van der Waals surface area contributed by atoms with Crippen molar-refractivity contribution in [1.29, 1.82) is 5.26 Å². The lowest BCUT2D eigenvalue weighted by Gasteiger charge is -2.29. The summed E-state index contributed by atoms with van der Waals surface area (Å²) in [6, 6.07) is 7.40. The molecule has 1 saturated carbocycles. The lowest BCUT2D eigenvalue weighted by Crippen LogP contribution is -2.37. The van der Waals surface area contributed by atoms with Crippen molar-refractivity contribution >= 4 is 38.7 Å². The van der Waals surface area contributed by atoms with Gasteiger partial charge < -0.3 is 5.32 Å². The molecule has 2 aliphatic rings. The van der Waals surface area contributed by atoms with E-state index in [9.17, 15) is 18.5 Å². The molecule has 4 atom stereocenters. The van der Waals surface area contributed by atoms with E-state index in [-0.39, 0.29) is 46.6 Å². The molecule has 0 amide bonds. The monoisotopic (exact) mass is 513 g/mol. The van der Waals surface area contributed by atoms with Gasteiger partial charge in [0.05, 0.1) is 40.3 Å². The molecule has 35 heavy (non-hydrogen) atoms. The Morgan fingerprint density at radius 1 is 1.29 bits per heavy atom. The van der Waals surface area contributed by atoms with Crippen molar-refractivity contribution in [3.05, 3.63) is 46.5 Å². The van der Waals surface area contributed by atoms with Gasteiger partial charge in [-0.3, -0.25) is 9.78 Å². The number of nitrogens with one attached hydrogen (secondary N) is 1. The smallest absolute Gasteiger partial charge is 0.201 e. The number of halogens is 1. The number of hydrogen-bond acceptors (Lipinski definition) is 8. The van der Waals surface area contributed by atoms with Gasteiger partial charge in [-0.05, 0) is 49.4 Å². The first-order valence-corrected chi connectivity index (χ1v) is 13.8. The summed E-state index contributed by atoms with van der Waals surface area (Å²) >= 11 is 6.38. The topological polar surface area (TPSA) is 125 Å². The molecule has 2 aromatic rings. The van der Waals surface area contributed by atoms with E-state index in [4.69, 9.17) is 11.6 Å². The standard InChI is InChI=1S/C25H28ClN5O3S/c1-4-35(33,34)18-9-8-17(28-13-18)12-29-25-23(32)15(3)21(19-7-5-6-16(19)11-27)22-20(30-25)10-14(2)24(26)31-22/h8-10,13,15-16,19,21H,4-7,12H2,1-3H3,(H,29,30). The number of aromatic nitrogens is 2. The van der Waals surface area contributed by atoms with Crippen LogP contribution in [0.5, 0.6) is 0 Å². The van der Waals surface area contributed by atoms with E-state index < -0.39 is 15.8 Å². The maximum atomic E-state index is 13.6. The number of carbonyl (C=O) groups excluding carboxylic acids is 1. The highest BCUT2D eigenvalue weighted by atomic mass is 35.5. The number of pyridine rings is 2. The number of sulfone groups is 1. The van der Waals surface area contributed by atoms with Gasteiger partial charge in [0, 0.05) is 24.0 Å². The third kappa shape index (κ3) is 4.95. The number of nitrogens with zero attached hydrogens (tertiary/aromatic N) is 4. The summed E-state index contributed by atoms with van der Waals surface area (Å²) in [6.45, 7) is 5.49. The van der Waals surface area contributed by atoms with Gasteiger partial charge in [0.15, 0.2) is 15.7 Å². The highest BCUT2D eigenvalue weighted by Crippen LogP contribution is 2.48. The number of aliphatic imine (C=N–C) groups is 1. The average Bonchev–Trinajstić information content (AvgIpc) is 3.29. The fourth-order valence-corrected chi connectivity index (χ4v) is 6.00. The molecule has 4 rings (SSSR count). The average molecular weight is 514 g/mol. The second-order valence-electron chi connectivity index (χ2n) is 9.21. The van der Waals surface area contributed by atoms with Crippen LogP contribution in [-0.2, 0) is 21.2 Å². The van der Waals surface area contributed by atoms with Crippen molar-refractivity contribution in [2.45, 2.75) is 57.4 Å². The van der Waals surface area contributed by atoms with Crippen LogP contribution >= 0.6 is 11.6 Å². The molecule has 2 aromatic heterocycles. The largest absolute Gasteiger partial charge is 0.361 e. The molecule has 0 radical (unpaired) electrons. The van der Waals surface area contributed by atoms with E-state index in [1.165, 1.54) is 12.3 Å². The molecule has 0 saturated heterocycles. The van der Waals surface area contributed by atoms with Crippen LogP contribution in [0.1, 0.15) is 56.0 Å². The zero-order valence-electron chi connectivity index (χ0n) is 20.0. The maximum Gasteiger partial charge on any atom is 0.201 e. The van der Waals surface area contributed by atoms with Gasteiger partial charge in [0.2, 0.25) is 5.78 Å². The van der Waals surface area contributed by atoms with Gasteiger partial charge in [0.25, 0.3) is 0 Å². The fourth-order valence-electron chi connectivity index (χ4n) is 5.04. The Labute approximate surface area is 210 Å². The molecular weight excluding hydrogens is 486 g/mol. The highest BCUT2D eigenvalue weighted by Gasteiger charge is 2.44. The van der Waals surface area contributed by atoms with Crippen LogP contribution in [0.3, 0.4) is 0 Å². The van der Waals surface area contributed by atoms with E-state index in [0.717, 1.165) is 24.8 Å². The number of ketones is 1. The third-order valence-electron chi connectivity index (χ3n) is 7.06. The third-order valence-corrected chi connectivity index (χ3v) is 9.17. The first-order valence-electron chi connectivity index (χ1n) is 11.8. The first-order chi connectivity index (χ1) is 16.7. The van der Waals surface area contributed by atoms with Gasteiger partial charge in [-0.15, -0.1) is 0 Å². The Kier molecular flexibility index (Phi) is 7.25. The number of Topliss-reactive ketones (excluding diaryl/α,β-unsaturated/α-hetero) is 1. The van der Waals surface area contributed by atoms with Crippen LogP contribution in [-0.4, -0.2) is 35.8 Å². The number of hydrogen-bond donors (Lipinski definition) is 1. The van der Waals surface area contributed by atoms with Crippen molar-refractivity contribution in [2.24, 2.45) is 22.7 Å². The molecule has 1 N–H and O–H groups in total. The summed E-state index contributed by atoms with van der Waals surface area (Å²) in [4.78, 5) is 27.3. The lowest BCUT2D eigenvalue weighted by atomic mass is 9.73. The SMILES string of the molecule is CCS(=O)(=O)c1ccc(CNC2=Nc3cc(C)c(Cl)nc3C(C3CCCC3C#N)C(C)C2=O)nc1. The van der Waals surface area contributed by atoms with Gasteiger partial charge in [-0.1, -0.05) is 31.9 Å². The summed E-state index contributed by atoms with van der Waals surface area (Å²) in [5.41, 5.74) is 2.58. The van der Waals surface area contributed by atoms with Gasteiger partial charge in [0.1, 0.15) is 5.15 Å². The highest BCUT2D eigenvalue weighted by molar-refractivity contribution is 7.91. The predicted molar refractivity (Wildman–Crippen MR) is 133 cm³/mol. The molecule has 3 heterocycles. The van der Waals surface area contributed by atoms with Crippen LogP contribution in [0, 0.1) is 36.0 Å². The van der Waals surface area contributed by atoms with Crippen LogP contribution in [0.15, 0.2) is 34.3 Å². The Balaban J connectivity index is 1.66. The van der Waals surface area contributed by atoms with Gasteiger partial charge in [-0.2, -0.15) is 5.26 Å². The van der Waals surface area contributed by atoms with Crippen molar-refractivity contribution < 1.29 is 13.2 Å². The Morgan fingerprint density at radius 3 is 2.71 bits per heavy atom. The second kappa shape index (κ2) is 10.0. The van der Waals surface area contributed by atoms with Crippen molar-refractivity contribution in [3.63, 3.8) is 0 Å². The normalized spacial score (nSPS) is 24.3. The number of rotatable bonds is 5. The van der Waals surface area contributed by atoms with E-state index in [1.807, 2.05) is 19.9 Å². The first kappa shape index (κ1) is 25.3. The van der Waals surface area contributed by atoms with Gasteiger partial charge in [-0.25, -0.2) is 18.4 Å². The number of nitriles is 1. The van der Waals surface area contributed by atoms with Crippen LogP contribution in [0.2, 0.25) is 5.15 Å². The summed E-state index contributed by atoms with van der Waals surface area (Å²) in [6.07, 6.45) is 3.94. The minimum absolute atomic E-state index is 0.00116. The van der Waals surface area contributed by atoms with E-state index in [2.05, 4.69) is 26.3 Å². The molecule has 1 aliphatic carbocycles. The fraction of sp³-hybridized carbons (Fsp3) is 0.480. The van der Waals surface area contributed by atoms with Crippen LogP contribution in [0.25, 0.3) is 0 Å². The molecule has 0 spiro atoms. The molecule has 1 aliphatic heterocycles. The second-order valence-corrected chi connectivity index (χ2v) is 11.8. The van der Waals surface area contributed by atoms with E-state index in [0.29, 0.717) is 22.2 Å². The minimum atomic E-state index is -3.33. The molecule has 8 nitrogen and oxygen atoms in total. The molecule has 184 valence electrons. The molecule has 0 aromatic carbocycles. The van der Waals surface area contributed by atoms with Crippen LogP contribution in [0.4, 0.5) is 5.69 Å². The van der Waals surface area contributed by atoms with Crippen molar-refractivity contribution in [1.82, 2.24) is 15.3 Å². The summed E-state index contributed by atoms with van der Waals surface area (Å²) in [5, 5.41) is 13.2. The zero-order chi connectivity index (χ0) is 25.3. The molecule has 1 fully saturated rings. The molecule has 4 unspecified atom stereocenters. The number of fused-ring (bicyclic) bond motifs is 1. The predicted octanol–water partition coefficient (Wildman–Crippen LogP) is 4.29. The number of carbonyl (C=O) groups is 1. The minimum Gasteiger partial charge on any atom is -0.361 e.